The molecule has 0 aromatic rings. The second-order valence-corrected chi connectivity index (χ2v) is 20.0. The number of hydrogen-bond donors (Lipinski definition) is 3. The molecule has 384 valence electrons. The third-order valence-electron chi connectivity index (χ3n) is 13.5. The molecule has 0 heterocycles. The molecule has 0 spiro atoms. The molecule has 6 nitrogen and oxygen atoms in total. The Bertz CT molecular complexity index is 1010. The molecule has 0 aromatic heterocycles. The molecule has 0 fully saturated rings. The second kappa shape index (κ2) is 54.9. The first kappa shape index (κ1) is 63.3. The summed E-state index contributed by atoms with van der Waals surface area (Å²) >= 11 is 0. The van der Waals surface area contributed by atoms with E-state index in [0.29, 0.717) is 19.4 Å². The predicted molar refractivity (Wildman–Crippen MR) is 283 cm³/mol. The molecule has 0 radical (unpaired) electrons. The summed E-state index contributed by atoms with van der Waals surface area (Å²) in [7, 11) is 0. The first-order chi connectivity index (χ1) is 32.0. The third-order valence-corrected chi connectivity index (χ3v) is 13.5. The van der Waals surface area contributed by atoms with Gasteiger partial charge in [0.2, 0.25) is 5.91 Å². The summed E-state index contributed by atoms with van der Waals surface area (Å²) in [5.74, 6) is -0.0758. The van der Waals surface area contributed by atoms with Crippen LogP contribution >= 0.6 is 0 Å². The van der Waals surface area contributed by atoms with Gasteiger partial charge in [-0.05, 0) is 57.8 Å². The van der Waals surface area contributed by atoms with Gasteiger partial charge in [0.25, 0.3) is 0 Å². The van der Waals surface area contributed by atoms with E-state index in [1.54, 1.807) is 6.08 Å². The van der Waals surface area contributed by atoms with E-state index in [-0.39, 0.29) is 18.5 Å². The van der Waals surface area contributed by atoms with Crippen molar-refractivity contribution >= 4 is 11.9 Å². The Morgan fingerprint density at radius 2 is 0.723 bits per heavy atom. The standard InChI is InChI=1S/C59H113NO5/c1-3-5-7-9-11-13-15-17-19-25-29-33-37-41-45-49-53-59(64)65-54-50-46-42-38-34-30-26-23-21-20-22-24-28-32-36-40-44-48-52-58(63)60-56(55-61)57(62)51-47-43-39-35-31-27-18-16-14-12-10-8-6-4-2/h22,24,47,51,56-57,61-62H,3-21,23,25-46,48-50,52-55H2,1-2H3,(H,60,63)/b24-22-,51-47+. The van der Waals surface area contributed by atoms with E-state index >= 15 is 0 Å². The van der Waals surface area contributed by atoms with Crippen LogP contribution in [0.2, 0.25) is 0 Å². The number of carbonyl (C=O) groups excluding carboxylic acids is 2. The Morgan fingerprint density at radius 1 is 0.415 bits per heavy atom. The fourth-order valence-electron chi connectivity index (χ4n) is 8.98. The lowest BCUT2D eigenvalue weighted by Crippen LogP contribution is -2.45. The molecule has 0 aromatic carbocycles. The Hall–Kier alpha value is -1.66. The first-order valence-electron chi connectivity index (χ1n) is 29.1. The lowest BCUT2D eigenvalue weighted by atomic mass is 10.0. The topological polar surface area (TPSA) is 95.9 Å². The van der Waals surface area contributed by atoms with Crippen molar-refractivity contribution in [2.75, 3.05) is 13.2 Å². The molecule has 65 heavy (non-hydrogen) atoms. The molecule has 0 saturated heterocycles. The van der Waals surface area contributed by atoms with E-state index in [9.17, 15) is 19.8 Å². The van der Waals surface area contributed by atoms with Gasteiger partial charge in [0.1, 0.15) is 0 Å². The molecule has 0 saturated carbocycles. The van der Waals surface area contributed by atoms with E-state index in [1.807, 2.05) is 6.08 Å². The smallest absolute Gasteiger partial charge is 0.305 e. The largest absolute Gasteiger partial charge is 0.466 e. The average Bonchev–Trinajstić information content (AvgIpc) is 3.31. The van der Waals surface area contributed by atoms with Gasteiger partial charge >= 0.3 is 5.97 Å². The minimum Gasteiger partial charge on any atom is -0.466 e. The van der Waals surface area contributed by atoms with Gasteiger partial charge in [-0.15, -0.1) is 0 Å². The van der Waals surface area contributed by atoms with Crippen LogP contribution in [-0.4, -0.2) is 47.4 Å². The number of unbranched alkanes of at least 4 members (excludes halogenated alkanes) is 41. The van der Waals surface area contributed by atoms with E-state index in [4.69, 9.17) is 4.74 Å². The molecule has 0 rings (SSSR count). The van der Waals surface area contributed by atoms with Crippen LogP contribution < -0.4 is 5.32 Å². The number of aliphatic hydroxyl groups is 2. The Balaban J connectivity index is 3.45. The average molecular weight is 917 g/mol. The van der Waals surface area contributed by atoms with Gasteiger partial charge in [-0.25, -0.2) is 0 Å². The lowest BCUT2D eigenvalue weighted by Gasteiger charge is -2.20. The molecule has 0 aliphatic rings. The van der Waals surface area contributed by atoms with Crippen LogP contribution in [0.5, 0.6) is 0 Å². The summed E-state index contributed by atoms with van der Waals surface area (Å²) in [5.41, 5.74) is 0. The van der Waals surface area contributed by atoms with Gasteiger partial charge in [-0.1, -0.05) is 269 Å². The molecule has 0 aliphatic carbocycles. The van der Waals surface area contributed by atoms with Crippen LogP contribution in [0.3, 0.4) is 0 Å². The van der Waals surface area contributed by atoms with E-state index < -0.39 is 12.1 Å². The molecular weight excluding hydrogens is 803 g/mol. The van der Waals surface area contributed by atoms with Crippen molar-refractivity contribution in [3.8, 4) is 0 Å². The van der Waals surface area contributed by atoms with Crippen LogP contribution in [0.15, 0.2) is 24.3 Å². The van der Waals surface area contributed by atoms with Crippen molar-refractivity contribution in [1.82, 2.24) is 5.32 Å². The molecule has 0 aliphatic heterocycles. The number of amides is 1. The highest BCUT2D eigenvalue weighted by Crippen LogP contribution is 2.17. The quantitative estimate of drug-likeness (QED) is 0.0321. The van der Waals surface area contributed by atoms with Gasteiger partial charge in [0.05, 0.1) is 25.4 Å². The third kappa shape index (κ3) is 51.6. The Labute approximate surface area is 405 Å². The number of esters is 1. The van der Waals surface area contributed by atoms with Crippen molar-refractivity contribution < 1.29 is 24.5 Å². The molecular formula is C59H113NO5. The van der Waals surface area contributed by atoms with Crippen molar-refractivity contribution in [3.05, 3.63) is 24.3 Å². The van der Waals surface area contributed by atoms with Crippen LogP contribution in [0.1, 0.15) is 316 Å². The molecule has 3 N–H and O–H groups in total. The maximum atomic E-state index is 12.4. The minimum absolute atomic E-state index is 0.00564. The van der Waals surface area contributed by atoms with Gasteiger partial charge in [0.15, 0.2) is 0 Å². The zero-order valence-electron chi connectivity index (χ0n) is 43.7. The van der Waals surface area contributed by atoms with Gasteiger partial charge in [-0.2, -0.15) is 0 Å². The fraction of sp³-hybridized carbons (Fsp3) is 0.898. The molecule has 0 bridgehead atoms. The number of allylic oxidation sites excluding steroid dienone is 3. The summed E-state index contributed by atoms with van der Waals surface area (Å²) in [5, 5.41) is 23.1. The zero-order chi connectivity index (χ0) is 47.2. The summed E-state index contributed by atoms with van der Waals surface area (Å²) in [6, 6.07) is -0.637. The van der Waals surface area contributed by atoms with Gasteiger partial charge in [0, 0.05) is 12.8 Å². The van der Waals surface area contributed by atoms with Crippen LogP contribution in [0.25, 0.3) is 0 Å². The van der Waals surface area contributed by atoms with Crippen molar-refractivity contribution in [1.29, 1.82) is 0 Å². The zero-order valence-corrected chi connectivity index (χ0v) is 43.7. The number of carbonyl (C=O) groups is 2. The molecule has 2 atom stereocenters. The summed E-state index contributed by atoms with van der Waals surface area (Å²) in [4.78, 5) is 24.5. The highest BCUT2D eigenvalue weighted by molar-refractivity contribution is 5.76. The highest BCUT2D eigenvalue weighted by atomic mass is 16.5. The van der Waals surface area contributed by atoms with Crippen molar-refractivity contribution in [2.45, 2.75) is 328 Å². The SMILES string of the molecule is CCCCCCCCCCCCCC/C=C/C(O)C(CO)NC(=O)CCCCCCC/C=C\CCCCCCCCCCCOC(=O)CCCCCCCCCCCCCCCCCC. The fourth-order valence-corrected chi connectivity index (χ4v) is 8.98. The molecule has 2 unspecified atom stereocenters. The normalized spacial score (nSPS) is 12.7. The monoisotopic (exact) mass is 916 g/mol. The van der Waals surface area contributed by atoms with E-state index in [1.165, 1.54) is 231 Å². The molecule has 6 heteroatoms. The van der Waals surface area contributed by atoms with Crippen LogP contribution in [0, 0.1) is 0 Å². The summed E-state index contributed by atoms with van der Waals surface area (Å²) < 4.78 is 5.48. The number of hydrogen-bond acceptors (Lipinski definition) is 5. The van der Waals surface area contributed by atoms with Gasteiger partial charge < -0.3 is 20.3 Å². The van der Waals surface area contributed by atoms with Crippen molar-refractivity contribution in [2.24, 2.45) is 0 Å². The number of ether oxygens (including phenoxy) is 1. The maximum absolute atomic E-state index is 12.4. The molecule has 1 amide bonds. The van der Waals surface area contributed by atoms with E-state index in [0.717, 1.165) is 57.8 Å². The predicted octanol–water partition coefficient (Wildman–Crippen LogP) is 17.9. The summed E-state index contributed by atoms with van der Waals surface area (Å²) in [6.07, 6.45) is 66.3. The number of nitrogens with one attached hydrogen (secondary N) is 1. The first-order valence-corrected chi connectivity index (χ1v) is 29.1. The second-order valence-electron chi connectivity index (χ2n) is 20.0. The number of aliphatic hydroxyl groups excluding tert-OH is 2. The van der Waals surface area contributed by atoms with Gasteiger partial charge in [-0.3, -0.25) is 9.59 Å². The highest BCUT2D eigenvalue weighted by Gasteiger charge is 2.18. The Morgan fingerprint density at radius 3 is 1.09 bits per heavy atom. The lowest BCUT2D eigenvalue weighted by molar-refractivity contribution is -0.143. The Kier molecular flexibility index (Phi) is 53.5. The van der Waals surface area contributed by atoms with Crippen LogP contribution in [0.4, 0.5) is 0 Å². The van der Waals surface area contributed by atoms with E-state index in [2.05, 4.69) is 31.3 Å². The maximum Gasteiger partial charge on any atom is 0.305 e. The summed E-state index contributed by atoms with van der Waals surface area (Å²) in [6.45, 7) is 4.90. The van der Waals surface area contributed by atoms with Crippen molar-refractivity contribution in [3.63, 3.8) is 0 Å². The number of rotatable bonds is 54. The van der Waals surface area contributed by atoms with Crippen LogP contribution in [-0.2, 0) is 14.3 Å². The minimum atomic E-state index is -0.852.